The highest BCUT2D eigenvalue weighted by Crippen LogP contribution is 2.41. The van der Waals surface area contributed by atoms with Gasteiger partial charge in [0.1, 0.15) is 0 Å². The summed E-state index contributed by atoms with van der Waals surface area (Å²) in [7, 11) is 0. The number of piperidine rings is 3. The van der Waals surface area contributed by atoms with Gasteiger partial charge in [-0.25, -0.2) is 0 Å². The third-order valence-corrected chi connectivity index (χ3v) is 6.96. The number of aromatic amines is 1. The van der Waals surface area contributed by atoms with Gasteiger partial charge in [0.2, 0.25) is 0 Å². The maximum atomic E-state index is 8.37. The zero-order valence-corrected chi connectivity index (χ0v) is 15.1. The van der Waals surface area contributed by atoms with Gasteiger partial charge in [-0.05, 0) is 66.6 Å². The molecule has 3 aliphatic rings. The number of rotatable bonds is 4. The van der Waals surface area contributed by atoms with Crippen molar-refractivity contribution in [3.05, 3.63) is 57.9 Å². The molecule has 4 heteroatoms. The monoisotopic (exact) mass is 349 g/mol. The molecule has 3 aliphatic heterocycles. The topological polar surface area (TPSA) is 42.9 Å². The highest BCUT2D eigenvalue weighted by atomic mass is 32.1. The Balaban J connectivity index is 1.46. The lowest BCUT2D eigenvalue weighted by atomic mass is 9.75. The Kier molecular flexibility index (Phi) is 3.75. The van der Waals surface area contributed by atoms with Crippen molar-refractivity contribution in [3.8, 4) is 0 Å². The number of thiophene rings is 1. The van der Waals surface area contributed by atoms with Crippen molar-refractivity contribution in [2.75, 3.05) is 19.6 Å². The van der Waals surface area contributed by atoms with Crippen molar-refractivity contribution in [1.29, 1.82) is 5.41 Å². The molecule has 1 aromatic carbocycles. The van der Waals surface area contributed by atoms with Crippen molar-refractivity contribution in [1.82, 2.24) is 9.88 Å². The molecule has 1 atom stereocenters. The molecule has 1 unspecified atom stereocenters. The first-order chi connectivity index (χ1) is 12.3. The van der Waals surface area contributed by atoms with Gasteiger partial charge in [-0.3, -0.25) is 0 Å². The smallest absolute Gasteiger partial charge is 0.0529 e. The van der Waals surface area contributed by atoms with E-state index in [1.807, 2.05) is 17.5 Å². The molecule has 2 bridgehead atoms. The molecule has 3 aromatic rings. The Bertz CT molecular complexity index is 901. The average Bonchev–Trinajstić information content (AvgIpc) is 3.32. The Morgan fingerprint density at radius 3 is 2.84 bits per heavy atom. The van der Waals surface area contributed by atoms with Crippen LogP contribution in [0.4, 0.5) is 0 Å². The third kappa shape index (κ3) is 2.74. The van der Waals surface area contributed by atoms with Gasteiger partial charge in [0.15, 0.2) is 0 Å². The third-order valence-electron chi connectivity index (χ3n) is 6.03. The summed E-state index contributed by atoms with van der Waals surface area (Å²) in [5.41, 5.74) is 4.69. The lowest BCUT2D eigenvalue weighted by Crippen LogP contribution is -2.46. The van der Waals surface area contributed by atoms with Crippen LogP contribution in [0.15, 0.2) is 41.9 Å². The van der Waals surface area contributed by atoms with Crippen molar-refractivity contribution < 1.29 is 0 Å². The Morgan fingerprint density at radius 2 is 2.12 bits per heavy atom. The summed E-state index contributed by atoms with van der Waals surface area (Å²) >= 11 is 1.65. The molecule has 0 amide bonds. The fraction of sp³-hybridized carbons (Fsp3) is 0.381. The Hall–Kier alpha value is -1.91. The van der Waals surface area contributed by atoms with Gasteiger partial charge in [-0.2, -0.15) is 0 Å². The van der Waals surface area contributed by atoms with E-state index in [1.165, 1.54) is 54.5 Å². The van der Waals surface area contributed by atoms with Crippen LogP contribution < -0.4 is 0 Å². The van der Waals surface area contributed by atoms with Gasteiger partial charge >= 0.3 is 0 Å². The summed E-state index contributed by atoms with van der Waals surface area (Å²) in [6, 6.07) is 10.7. The normalized spacial score (nSPS) is 25.5. The summed E-state index contributed by atoms with van der Waals surface area (Å²) in [5, 5.41) is 11.8. The van der Waals surface area contributed by atoms with E-state index in [4.69, 9.17) is 5.41 Å². The Labute approximate surface area is 152 Å². The number of hydrogen-bond donors (Lipinski definition) is 2. The van der Waals surface area contributed by atoms with Crippen LogP contribution in [-0.2, 0) is 6.42 Å². The van der Waals surface area contributed by atoms with Gasteiger partial charge < -0.3 is 15.3 Å². The van der Waals surface area contributed by atoms with E-state index in [2.05, 4.69) is 34.3 Å². The number of H-pyrrole nitrogens is 1. The predicted octanol–water partition coefficient (Wildman–Crippen LogP) is 4.65. The number of fused-ring (bicyclic) bond motifs is 4. The molecule has 6 rings (SSSR count). The summed E-state index contributed by atoms with van der Waals surface area (Å²) in [5.74, 6) is 1.51. The highest BCUT2D eigenvalue weighted by Gasteiger charge is 2.35. The van der Waals surface area contributed by atoms with Crippen LogP contribution in [0.1, 0.15) is 34.8 Å². The average molecular weight is 350 g/mol. The molecular weight excluding hydrogens is 326 g/mol. The summed E-state index contributed by atoms with van der Waals surface area (Å²) in [6.07, 6.45) is 5.65. The summed E-state index contributed by atoms with van der Waals surface area (Å²) in [6.45, 7) is 3.78. The fourth-order valence-corrected chi connectivity index (χ4v) is 5.34. The zero-order valence-electron chi connectivity index (χ0n) is 14.3. The summed E-state index contributed by atoms with van der Waals surface area (Å²) < 4.78 is 0. The second-order valence-corrected chi connectivity index (χ2v) is 8.45. The number of nitrogens with zero attached hydrogens (tertiary/aromatic N) is 1. The van der Waals surface area contributed by atoms with Crippen molar-refractivity contribution in [3.63, 3.8) is 0 Å². The van der Waals surface area contributed by atoms with Crippen molar-refractivity contribution >= 4 is 28.0 Å². The fourth-order valence-electron chi connectivity index (χ4n) is 4.67. The second kappa shape index (κ2) is 6.11. The molecule has 0 saturated carbocycles. The van der Waals surface area contributed by atoms with Crippen LogP contribution >= 0.6 is 11.3 Å². The molecule has 5 heterocycles. The van der Waals surface area contributed by atoms with Crippen molar-refractivity contribution in [2.24, 2.45) is 5.92 Å². The lowest BCUT2D eigenvalue weighted by Gasteiger charge is -2.44. The van der Waals surface area contributed by atoms with E-state index in [0.29, 0.717) is 18.1 Å². The van der Waals surface area contributed by atoms with Crippen LogP contribution in [0.3, 0.4) is 0 Å². The molecule has 3 nitrogen and oxygen atoms in total. The predicted molar refractivity (Wildman–Crippen MR) is 105 cm³/mol. The number of hydrogen-bond acceptors (Lipinski definition) is 3. The van der Waals surface area contributed by atoms with E-state index in [0.717, 1.165) is 10.8 Å². The molecule has 3 saturated heterocycles. The van der Waals surface area contributed by atoms with Crippen LogP contribution in [0, 0.1) is 11.3 Å². The molecule has 128 valence electrons. The highest BCUT2D eigenvalue weighted by molar-refractivity contribution is 7.12. The van der Waals surface area contributed by atoms with Gasteiger partial charge in [-0.15, -0.1) is 11.3 Å². The minimum Gasteiger partial charge on any atom is -0.361 e. The molecule has 2 N–H and O–H groups in total. The first kappa shape index (κ1) is 15.4. The molecule has 2 aromatic heterocycles. The first-order valence-corrected chi connectivity index (χ1v) is 10.1. The standard InChI is InChI=1S/C21H23N3S/c22-19(21-2-1-9-25-21)11-14-3-4-20-16(10-14)17(12-23-20)18-13-24-7-5-15(18)6-8-24/h1-4,9-10,12,15,18,22-23H,5-8,11,13H2. The maximum absolute atomic E-state index is 8.37. The molecule has 0 radical (unpaired) electrons. The molecule has 0 spiro atoms. The van der Waals surface area contributed by atoms with Crippen LogP contribution in [0.25, 0.3) is 10.9 Å². The van der Waals surface area contributed by atoms with Crippen LogP contribution in [0.5, 0.6) is 0 Å². The van der Waals surface area contributed by atoms with Gasteiger partial charge in [0.25, 0.3) is 0 Å². The van der Waals surface area contributed by atoms with E-state index in [-0.39, 0.29) is 0 Å². The molecule has 3 fully saturated rings. The van der Waals surface area contributed by atoms with E-state index in [9.17, 15) is 0 Å². The summed E-state index contributed by atoms with van der Waals surface area (Å²) in [4.78, 5) is 7.18. The largest absolute Gasteiger partial charge is 0.361 e. The van der Waals surface area contributed by atoms with Crippen molar-refractivity contribution in [2.45, 2.75) is 25.2 Å². The molecule has 25 heavy (non-hydrogen) atoms. The van der Waals surface area contributed by atoms with Gasteiger partial charge in [0, 0.05) is 40.9 Å². The lowest BCUT2D eigenvalue weighted by molar-refractivity contribution is 0.0876. The maximum Gasteiger partial charge on any atom is 0.0529 e. The minimum absolute atomic E-state index is 0.670. The number of nitrogens with one attached hydrogen (secondary N) is 2. The van der Waals surface area contributed by atoms with Crippen LogP contribution in [0.2, 0.25) is 0 Å². The quantitative estimate of drug-likeness (QED) is 0.662. The zero-order chi connectivity index (χ0) is 16.8. The van der Waals surface area contributed by atoms with E-state index in [1.54, 1.807) is 11.3 Å². The van der Waals surface area contributed by atoms with Gasteiger partial charge in [-0.1, -0.05) is 12.1 Å². The first-order valence-electron chi connectivity index (χ1n) is 9.21. The van der Waals surface area contributed by atoms with E-state index >= 15 is 0 Å². The van der Waals surface area contributed by atoms with Crippen LogP contribution in [-0.4, -0.2) is 35.2 Å². The molecule has 0 aliphatic carbocycles. The van der Waals surface area contributed by atoms with E-state index < -0.39 is 0 Å². The number of benzene rings is 1. The number of aromatic nitrogens is 1. The molecular formula is C21H23N3S. The van der Waals surface area contributed by atoms with Gasteiger partial charge in [0.05, 0.1) is 5.71 Å². The Morgan fingerprint density at radius 1 is 1.24 bits per heavy atom. The second-order valence-electron chi connectivity index (χ2n) is 7.50. The minimum atomic E-state index is 0.670. The SMILES string of the molecule is N=C(Cc1ccc2[nH]cc(C3CN4CCC3CC4)c2c1)c1cccs1.